The van der Waals surface area contributed by atoms with Crippen molar-refractivity contribution < 1.29 is 0 Å². The number of aromatic nitrogens is 1. The molecular formula is C10H14ClN. The lowest BCUT2D eigenvalue weighted by Crippen LogP contribution is -1.93. The highest BCUT2D eigenvalue weighted by molar-refractivity contribution is 6.29. The van der Waals surface area contributed by atoms with Gasteiger partial charge in [0.1, 0.15) is 5.15 Å². The molecule has 0 spiro atoms. The van der Waals surface area contributed by atoms with Crippen molar-refractivity contribution in [2.24, 2.45) is 0 Å². The predicted octanol–water partition coefficient (Wildman–Crippen LogP) is 3.64. The fourth-order valence-corrected chi connectivity index (χ4v) is 1.39. The Labute approximate surface area is 78.8 Å². The highest BCUT2D eigenvalue weighted by Gasteiger charge is 2.03. The van der Waals surface area contributed by atoms with Crippen LogP contribution in [0.5, 0.6) is 0 Å². The van der Waals surface area contributed by atoms with E-state index in [0.717, 1.165) is 0 Å². The minimum Gasteiger partial charge on any atom is -0.244 e. The molecule has 1 aromatic heterocycles. The first-order valence-corrected chi connectivity index (χ1v) is 4.73. The van der Waals surface area contributed by atoms with Crippen LogP contribution in [0.15, 0.2) is 18.3 Å². The van der Waals surface area contributed by atoms with E-state index in [1.165, 1.54) is 18.4 Å². The minimum atomic E-state index is 0.572. The molecule has 0 radical (unpaired) electrons. The molecule has 0 amide bonds. The Balaban J connectivity index is 2.68. The van der Waals surface area contributed by atoms with Gasteiger partial charge in [-0.05, 0) is 24.0 Å². The molecule has 1 atom stereocenters. The van der Waals surface area contributed by atoms with Gasteiger partial charge >= 0.3 is 0 Å². The lowest BCUT2D eigenvalue weighted by Gasteiger charge is -2.08. The molecule has 0 N–H and O–H groups in total. The van der Waals surface area contributed by atoms with E-state index in [2.05, 4.69) is 24.9 Å². The molecular weight excluding hydrogens is 170 g/mol. The van der Waals surface area contributed by atoms with Crippen molar-refractivity contribution >= 4 is 11.6 Å². The van der Waals surface area contributed by atoms with E-state index < -0.39 is 0 Å². The Hall–Kier alpha value is -0.560. The molecule has 1 aromatic rings. The molecule has 12 heavy (non-hydrogen) atoms. The normalized spacial score (nSPS) is 12.9. The lowest BCUT2D eigenvalue weighted by atomic mass is 9.98. The number of hydrogen-bond acceptors (Lipinski definition) is 1. The van der Waals surface area contributed by atoms with Crippen LogP contribution in [0.4, 0.5) is 0 Å². The molecule has 0 aromatic carbocycles. The topological polar surface area (TPSA) is 12.9 Å². The van der Waals surface area contributed by atoms with Crippen molar-refractivity contribution in [2.45, 2.75) is 32.6 Å². The second kappa shape index (κ2) is 4.46. The monoisotopic (exact) mass is 183 g/mol. The van der Waals surface area contributed by atoms with Crippen LogP contribution in [0.2, 0.25) is 5.15 Å². The van der Waals surface area contributed by atoms with Gasteiger partial charge in [0.15, 0.2) is 0 Å². The Morgan fingerprint density at radius 1 is 1.50 bits per heavy atom. The van der Waals surface area contributed by atoms with Crippen LogP contribution in [-0.2, 0) is 0 Å². The van der Waals surface area contributed by atoms with Gasteiger partial charge in [0.05, 0.1) is 0 Å². The Morgan fingerprint density at radius 3 is 2.75 bits per heavy atom. The number of rotatable bonds is 3. The summed E-state index contributed by atoms with van der Waals surface area (Å²) in [7, 11) is 0. The largest absolute Gasteiger partial charge is 0.244 e. The van der Waals surface area contributed by atoms with E-state index >= 15 is 0 Å². The van der Waals surface area contributed by atoms with Crippen LogP contribution in [-0.4, -0.2) is 4.98 Å². The third kappa shape index (κ3) is 2.49. The summed E-state index contributed by atoms with van der Waals surface area (Å²) in [4.78, 5) is 4.05. The smallest absolute Gasteiger partial charge is 0.129 e. The summed E-state index contributed by atoms with van der Waals surface area (Å²) < 4.78 is 0. The average molecular weight is 184 g/mol. The summed E-state index contributed by atoms with van der Waals surface area (Å²) >= 11 is 5.68. The first-order valence-electron chi connectivity index (χ1n) is 4.35. The minimum absolute atomic E-state index is 0.572. The third-order valence-electron chi connectivity index (χ3n) is 2.04. The van der Waals surface area contributed by atoms with Crippen LogP contribution in [0.25, 0.3) is 0 Å². The van der Waals surface area contributed by atoms with E-state index in [9.17, 15) is 0 Å². The molecule has 66 valence electrons. The molecule has 1 rings (SSSR count). The van der Waals surface area contributed by atoms with Gasteiger partial charge in [0.2, 0.25) is 0 Å². The van der Waals surface area contributed by atoms with E-state index in [-0.39, 0.29) is 0 Å². The average Bonchev–Trinajstić information content (AvgIpc) is 2.06. The van der Waals surface area contributed by atoms with Gasteiger partial charge < -0.3 is 0 Å². The fourth-order valence-electron chi connectivity index (χ4n) is 1.28. The molecule has 0 bridgehead atoms. The first-order chi connectivity index (χ1) is 5.74. The van der Waals surface area contributed by atoms with Crippen molar-refractivity contribution in [3.8, 4) is 0 Å². The van der Waals surface area contributed by atoms with Crippen LogP contribution in [0.3, 0.4) is 0 Å². The standard InChI is InChI=1S/C10H14ClN/c1-3-4-8(2)9-5-6-10(11)12-7-9/h5-8H,3-4H2,1-2H3. The zero-order chi connectivity index (χ0) is 8.97. The molecule has 1 unspecified atom stereocenters. The van der Waals surface area contributed by atoms with E-state index in [0.29, 0.717) is 11.1 Å². The van der Waals surface area contributed by atoms with Gasteiger partial charge in [-0.2, -0.15) is 0 Å². The van der Waals surface area contributed by atoms with Crippen molar-refractivity contribution in [3.63, 3.8) is 0 Å². The predicted molar refractivity (Wildman–Crippen MR) is 52.6 cm³/mol. The zero-order valence-corrected chi connectivity index (χ0v) is 8.30. The molecule has 2 heteroatoms. The molecule has 1 nitrogen and oxygen atoms in total. The molecule has 0 aliphatic rings. The van der Waals surface area contributed by atoms with Crippen LogP contribution >= 0.6 is 11.6 Å². The molecule has 1 heterocycles. The molecule has 0 aliphatic heterocycles. The molecule has 0 aliphatic carbocycles. The van der Waals surface area contributed by atoms with Crippen LogP contribution in [0.1, 0.15) is 38.2 Å². The van der Waals surface area contributed by atoms with Gasteiger partial charge in [-0.25, -0.2) is 4.98 Å². The second-order valence-electron chi connectivity index (χ2n) is 3.10. The first kappa shape index (κ1) is 9.53. The van der Waals surface area contributed by atoms with Gasteiger partial charge in [-0.3, -0.25) is 0 Å². The summed E-state index contributed by atoms with van der Waals surface area (Å²) in [5.41, 5.74) is 1.28. The van der Waals surface area contributed by atoms with Gasteiger partial charge in [-0.1, -0.05) is 37.9 Å². The number of hydrogen-bond donors (Lipinski definition) is 0. The fraction of sp³-hybridized carbons (Fsp3) is 0.500. The molecule has 0 saturated carbocycles. The van der Waals surface area contributed by atoms with Crippen molar-refractivity contribution in [1.82, 2.24) is 4.98 Å². The van der Waals surface area contributed by atoms with Crippen molar-refractivity contribution in [3.05, 3.63) is 29.0 Å². The summed E-state index contributed by atoms with van der Waals surface area (Å²) in [6.07, 6.45) is 4.29. The number of pyridine rings is 1. The summed E-state index contributed by atoms with van der Waals surface area (Å²) in [5.74, 6) is 0.597. The Kier molecular flexibility index (Phi) is 3.54. The zero-order valence-electron chi connectivity index (χ0n) is 7.55. The maximum atomic E-state index is 5.68. The van der Waals surface area contributed by atoms with E-state index in [4.69, 9.17) is 11.6 Å². The highest BCUT2D eigenvalue weighted by atomic mass is 35.5. The molecule has 0 fully saturated rings. The maximum Gasteiger partial charge on any atom is 0.129 e. The number of nitrogens with zero attached hydrogens (tertiary/aromatic N) is 1. The van der Waals surface area contributed by atoms with Gasteiger partial charge in [0, 0.05) is 6.20 Å². The van der Waals surface area contributed by atoms with E-state index in [1.54, 1.807) is 0 Å². The second-order valence-corrected chi connectivity index (χ2v) is 3.49. The van der Waals surface area contributed by atoms with Gasteiger partial charge in [0.25, 0.3) is 0 Å². The summed E-state index contributed by atoms with van der Waals surface area (Å²) in [6, 6.07) is 3.90. The van der Waals surface area contributed by atoms with Gasteiger partial charge in [-0.15, -0.1) is 0 Å². The summed E-state index contributed by atoms with van der Waals surface area (Å²) in [6.45, 7) is 4.41. The lowest BCUT2D eigenvalue weighted by molar-refractivity contribution is 0.662. The quantitative estimate of drug-likeness (QED) is 0.652. The SMILES string of the molecule is CCCC(C)c1ccc(Cl)nc1. The van der Waals surface area contributed by atoms with Crippen molar-refractivity contribution in [1.29, 1.82) is 0 Å². The van der Waals surface area contributed by atoms with Crippen LogP contribution in [0, 0.1) is 0 Å². The Bertz CT molecular complexity index is 230. The highest BCUT2D eigenvalue weighted by Crippen LogP contribution is 2.20. The third-order valence-corrected chi connectivity index (χ3v) is 2.26. The van der Waals surface area contributed by atoms with Crippen molar-refractivity contribution in [2.75, 3.05) is 0 Å². The van der Waals surface area contributed by atoms with Crippen LogP contribution < -0.4 is 0 Å². The van der Waals surface area contributed by atoms with E-state index in [1.807, 2.05) is 12.3 Å². The Morgan fingerprint density at radius 2 is 2.25 bits per heavy atom. The number of halogens is 1. The molecule has 0 saturated heterocycles. The summed E-state index contributed by atoms with van der Waals surface area (Å²) in [5, 5.41) is 0.572. The maximum absolute atomic E-state index is 5.68.